The Balaban J connectivity index is 1.17. The molecule has 14 nitrogen and oxygen atoms in total. The number of esters is 1. The van der Waals surface area contributed by atoms with Crippen molar-refractivity contribution < 1.29 is 22.7 Å². The minimum Gasteiger partial charge on any atom is -0.459 e. The van der Waals surface area contributed by atoms with E-state index in [1.54, 1.807) is 13.0 Å². The summed E-state index contributed by atoms with van der Waals surface area (Å²) < 4.78 is 34.3. The van der Waals surface area contributed by atoms with Crippen LogP contribution in [-0.4, -0.2) is 75.5 Å². The summed E-state index contributed by atoms with van der Waals surface area (Å²) in [5.74, 6) is -0.922. The Hall–Kier alpha value is -5.20. The van der Waals surface area contributed by atoms with Gasteiger partial charge in [0, 0.05) is 37.6 Å². The monoisotopic (exact) mass is 601 g/mol. The lowest BCUT2D eigenvalue weighted by Gasteiger charge is -2.34. The van der Waals surface area contributed by atoms with E-state index in [9.17, 15) is 23.3 Å². The fourth-order valence-corrected chi connectivity index (χ4v) is 5.81. The first-order valence-corrected chi connectivity index (χ1v) is 14.7. The molecule has 3 heterocycles. The maximum atomic E-state index is 13.3. The highest BCUT2D eigenvalue weighted by molar-refractivity contribution is 7.89. The Labute approximate surface area is 247 Å². The summed E-state index contributed by atoms with van der Waals surface area (Å²) in [5, 5.41) is 15.8. The molecule has 2 aromatic carbocycles. The minimum atomic E-state index is -3.80. The second kappa shape index (κ2) is 12.8. The molecule has 0 radical (unpaired) electrons. The van der Waals surface area contributed by atoms with Gasteiger partial charge in [0.1, 0.15) is 31.2 Å². The number of nitrogens with zero attached hydrogens (tertiary/aromatic N) is 8. The highest BCUT2D eigenvalue weighted by Gasteiger charge is 2.29. The van der Waals surface area contributed by atoms with Crippen LogP contribution >= 0.6 is 0 Å². The molecule has 1 saturated heterocycles. The van der Waals surface area contributed by atoms with Crippen LogP contribution in [0.25, 0.3) is 0 Å². The van der Waals surface area contributed by atoms with E-state index in [2.05, 4.69) is 25.4 Å². The SMILES string of the molecule is Cc1cc(C#N)nc(N2CCN(S(=O)(=O)c3ccc(NC(=O)c4ncnn4CC(=O)OCc4ccccc4)cc3)CC2)n1. The maximum Gasteiger partial charge on any atom is 0.328 e. The van der Waals surface area contributed by atoms with Crippen LogP contribution < -0.4 is 10.2 Å². The van der Waals surface area contributed by atoms with E-state index in [0.29, 0.717) is 30.4 Å². The zero-order valence-corrected chi connectivity index (χ0v) is 23.9. The number of anilines is 2. The molecule has 4 aromatic rings. The number of hydrogen-bond acceptors (Lipinski definition) is 11. The molecule has 1 fully saturated rings. The van der Waals surface area contributed by atoms with Gasteiger partial charge in [0.15, 0.2) is 0 Å². The van der Waals surface area contributed by atoms with Crippen molar-refractivity contribution in [2.75, 3.05) is 36.4 Å². The van der Waals surface area contributed by atoms with E-state index < -0.39 is 21.9 Å². The van der Waals surface area contributed by atoms with Gasteiger partial charge >= 0.3 is 5.97 Å². The third-order valence-corrected chi connectivity index (χ3v) is 8.48. The lowest BCUT2D eigenvalue weighted by molar-refractivity contribution is -0.145. The van der Waals surface area contributed by atoms with Crippen molar-refractivity contribution in [3.8, 4) is 6.07 Å². The molecule has 220 valence electrons. The third-order valence-electron chi connectivity index (χ3n) is 6.57. The first kappa shape index (κ1) is 29.3. The predicted octanol–water partition coefficient (Wildman–Crippen LogP) is 1.75. The molecular formula is C28H27N9O5S. The summed E-state index contributed by atoms with van der Waals surface area (Å²) in [4.78, 5) is 39.6. The predicted molar refractivity (Wildman–Crippen MR) is 153 cm³/mol. The van der Waals surface area contributed by atoms with E-state index in [0.717, 1.165) is 16.6 Å². The third kappa shape index (κ3) is 7.00. The molecule has 15 heteroatoms. The molecule has 1 N–H and O–H groups in total. The zero-order chi connectivity index (χ0) is 30.4. The van der Waals surface area contributed by atoms with Crippen LogP contribution in [0.15, 0.2) is 71.9 Å². The largest absolute Gasteiger partial charge is 0.459 e. The summed E-state index contributed by atoms with van der Waals surface area (Å²) in [7, 11) is -3.80. The van der Waals surface area contributed by atoms with E-state index in [4.69, 9.17) is 4.74 Å². The van der Waals surface area contributed by atoms with Crippen molar-refractivity contribution in [3.05, 3.63) is 89.8 Å². The number of nitriles is 1. The number of ether oxygens (including phenoxy) is 1. The van der Waals surface area contributed by atoms with Gasteiger partial charge in [-0.1, -0.05) is 30.3 Å². The maximum absolute atomic E-state index is 13.3. The number of carbonyl (C=O) groups is 2. The number of hydrogen-bond donors (Lipinski definition) is 1. The molecule has 2 aromatic heterocycles. The van der Waals surface area contributed by atoms with Crippen LogP contribution in [0.1, 0.15) is 27.6 Å². The van der Waals surface area contributed by atoms with Crippen molar-refractivity contribution in [3.63, 3.8) is 0 Å². The second-order valence-electron chi connectivity index (χ2n) is 9.56. The molecule has 1 aliphatic heterocycles. The van der Waals surface area contributed by atoms with Gasteiger partial charge in [-0.05, 0) is 42.8 Å². The number of piperazine rings is 1. The molecule has 0 bridgehead atoms. The van der Waals surface area contributed by atoms with Gasteiger partial charge < -0.3 is 15.0 Å². The highest BCUT2D eigenvalue weighted by Crippen LogP contribution is 2.22. The number of nitrogens with one attached hydrogen (secondary N) is 1. The molecule has 5 rings (SSSR count). The molecule has 1 aliphatic rings. The van der Waals surface area contributed by atoms with Crippen LogP contribution in [0.5, 0.6) is 0 Å². The highest BCUT2D eigenvalue weighted by atomic mass is 32.2. The van der Waals surface area contributed by atoms with E-state index in [-0.39, 0.29) is 42.7 Å². The van der Waals surface area contributed by atoms with Crippen molar-refractivity contribution in [1.29, 1.82) is 5.26 Å². The molecule has 43 heavy (non-hydrogen) atoms. The summed E-state index contributed by atoms with van der Waals surface area (Å²) in [6, 6.07) is 18.5. The number of benzene rings is 2. The standard InChI is InChI=1S/C28H27N9O5S/c1-20-15-23(16-29)34-28(32-20)35-11-13-36(14-12-35)43(40,41)24-9-7-22(8-10-24)33-27(39)26-30-19-31-37(26)17-25(38)42-18-21-5-3-2-4-6-21/h2-10,15,19H,11-14,17-18H2,1H3,(H,33,39). The number of carbonyl (C=O) groups excluding carboxylic acids is 2. The van der Waals surface area contributed by atoms with Crippen LogP contribution in [0, 0.1) is 18.3 Å². The van der Waals surface area contributed by atoms with Gasteiger partial charge in [-0.2, -0.15) is 14.7 Å². The molecule has 0 spiro atoms. The van der Waals surface area contributed by atoms with Crippen LogP contribution in [0.3, 0.4) is 0 Å². The van der Waals surface area contributed by atoms with Gasteiger partial charge in [-0.3, -0.25) is 9.59 Å². The average Bonchev–Trinajstić information content (AvgIpc) is 3.48. The quantitative estimate of drug-likeness (QED) is 0.277. The Morgan fingerprint density at radius 1 is 1.02 bits per heavy atom. The normalized spacial score (nSPS) is 13.7. The van der Waals surface area contributed by atoms with Crippen LogP contribution in [-0.2, 0) is 32.7 Å². The molecule has 0 saturated carbocycles. The van der Waals surface area contributed by atoms with Crippen molar-refractivity contribution in [2.45, 2.75) is 25.0 Å². The molecule has 0 aliphatic carbocycles. The first-order chi connectivity index (χ1) is 20.7. The van der Waals surface area contributed by atoms with E-state index in [1.807, 2.05) is 41.3 Å². The Morgan fingerprint density at radius 2 is 1.74 bits per heavy atom. The number of aromatic nitrogens is 5. The van der Waals surface area contributed by atoms with Crippen LogP contribution in [0.2, 0.25) is 0 Å². The summed E-state index contributed by atoms with van der Waals surface area (Å²) in [6.45, 7) is 2.70. The smallest absolute Gasteiger partial charge is 0.328 e. The molecule has 0 atom stereocenters. The molecule has 0 unspecified atom stereocenters. The second-order valence-corrected chi connectivity index (χ2v) is 11.5. The number of rotatable bonds is 9. The van der Waals surface area contributed by atoms with Gasteiger partial charge in [0.2, 0.25) is 21.8 Å². The topological polar surface area (TPSA) is 176 Å². The number of sulfonamides is 1. The summed E-state index contributed by atoms with van der Waals surface area (Å²) in [6.07, 6.45) is 1.16. The zero-order valence-electron chi connectivity index (χ0n) is 23.1. The fraction of sp³-hybridized carbons (Fsp3) is 0.250. The number of amides is 1. The molecule has 1 amide bonds. The van der Waals surface area contributed by atoms with E-state index in [1.165, 1.54) is 28.6 Å². The van der Waals surface area contributed by atoms with Crippen LogP contribution in [0.4, 0.5) is 11.6 Å². The summed E-state index contributed by atoms with van der Waals surface area (Å²) >= 11 is 0. The van der Waals surface area contributed by atoms with Gasteiger partial charge in [-0.25, -0.2) is 28.1 Å². The fourth-order valence-electron chi connectivity index (χ4n) is 4.39. The Kier molecular flexibility index (Phi) is 8.69. The number of aryl methyl sites for hydroxylation is 1. The van der Waals surface area contributed by atoms with E-state index >= 15 is 0 Å². The van der Waals surface area contributed by atoms with Gasteiger partial charge in [-0.15, -0.1) is 0 Å². The first-order valence-electron chi connectivity index (χ1n) is 13.2. The average molecular weight is 602 g/mol. The summed E-state index contributed by atoms with van der Waals surface area (Å²) in [5.41, 5.74) is 2.07. The van der Waals surface area contributed by atoms with Crippen molar-refractivity contribution >= 4 is 33.5 Å². The Morgan fingerprint density at radius 3 is 2.44 bits per heavy atom. The lowest BCUT2D eigenvalue weighted by atomic mass is 10.2. The minimum absolute atomic E-state index is 0.0712. The van der Waals surface area contributed by atoms with Crippen molar-refractivity contribution in [1.82, 2.24) is 29.0 Å². The van der Waals surface area contributed by atoms with Gasteiger partial charge in [0.25, 0.3) is 5.91 Å². The van der Waals surface area contributed by atoms with Gasteiger partial charge in [0.05, 0.1) is 4.90 Å². The van der Waals surface area contributed by atoms with Crippen molar-refractivity contribution in [2.24, 2.45) is 0 Å². The lowest BCUT2D eigenvalue weighted by Crippen LogP contribution is -2.49. The molecular weight excluding hydrogens is 574 g/mol. The Bertz CT molecular complexity index is 1760.